The standard InChI is InChI=1S/C14H20N4O2S/c1-12-9-13(10-15)3-4-14(12)21(19,20)17-5-2-7-18-8-6-16-11-18/h3-4,6,8-9,11,17H,2,5,7,10,15H2,1H3. The number of aromatic nitrogens is 2. The van der Waals surface area contributed by atoms with E-state index in [1.54, 1.807) is 37.6 Å². The second-order valence-electron chi connectivity index (χ2n) is 4.86. The van der Waals surface area contributed by atoms with Crippen LogP contribution in [0.5, 0.6) is 0 Å². The van der Waals surface area contributed by atoms with Crippen LogP contribution >= 0.6 is 0 Å². The van der Waals surface area contributed by atoms with Gasteiger partial charge in [-0.3, -0.25) is 0 Å². The number of imidazole rings is 1. The van der Waals surface area contributed by atoms with Crippen molar-refractivity contribution in [3.8, 4) is 0 Å². The minimum Gasteiger partial charge on any atom is -0.337 e. The summed E-state index contributed by atoms with van der Waals surface area (Å²) in [7, 11) is -3.47. The first-order valence-electron chi connectivity index (χ1n) is 6.78. The molecule has 0 radical (unpaired) electrons. The third-order valence-corrected chi connectivity index (χ3v) is 4.83. The molecule has 0 amide bonds. The van der Waals surface area contributed by atoms with Crippen LogP contribution in [0.1, 0.15) is 17.5 Å². The van der Waals surface area contributed by atoms with E-state index < -0.39 is 10.0 Å². The summed E-state index contributed by atoms with van der Waals surface area (Å²) >= 11 is 0. The van der Waals surface area contributed by atoms with Crippen LogP contribution in [0, 0.1) is 6.92 Å². The Morgan fingerprint density at radius 1 is 1.38 bits per heavy atom. The quantitative estimate of drug-likeness (QED) is 0.747. The van der Waals surface area contributed by atoms with Crippen LogP contribution in [0.25, 0.3) is 0 Å². The van der Waals surface area contributed by atoms with E-state index in [9.17, 15) is 8.42 Å². The predicted molar refractivity (Wildman–Crippen MR) is 81.1 cm³/mol. The lowest BCUT2D eigenvalue weighted by Gasteiger charge is -2.10. The highest BCUT2D eigenvalue weighted by molar-refractivity contribution is 7.89. The summed E-state index contributed by atoms with van der Waals surface area (Å²) < 4.78 is 29.0. The van der Waals surface area contributed by atoms with E-state index in [1.165, 1.54) is 0 Å². The van der Waals surface area contributed by atoms with Crippen LogP contribution in [0.3, 0.4) is 0 Å². The zero-order valence-corrected chi connectivity index (χ0v) is 12.8. The smallest absolute Gasteiger partial charge is 0.240 e. The van der Waals surface area contributed by atoms with Gasteiger partial charge in [0.1, 0.15) is 0 Å². The lowest BCUT2D eigenvalue weighted by atomic mass is 10.1. The van der Waals surface area contributed by atoms with Gasteiger partial charge in [-0.1, -0.05) is 12.1 Å². The molecule has 1 aromatic carbocycles. The molecule has 1 aromatic heterocycles. The third-order valence-electron chi connectivity index (χ3n) is 3.21. The highest BCUT2D eigenvalue weighted by atomic mass is 32.2. The Labute approximate surface area is 125 Å². The Morgan fingerprint density at radius 3 is 2.81 bits per heavy atom. The fraction of sp³-hybridized carbons (Fsp3) is 0.357. The second-order valence-corrected chi connectivity index (χ2v) is 6.59. The predicted octanol–water partition coefficient (Wildman–Crippen LogP) is 1.02. The van der Waals surface area contributed by atoms with Crippen LogP contribution < -0.4 is 10.5 Å². The number of aryl methyl sites for hydroxylation is 2. The van der Waals surface area contributed by atoms with E-state index in [-0.39, 0.29) is 0 Å². The molecule has 0 saturated carbocycles. The van der Waals surface area contributed by atoms with Crippen molar-refractivity contribution in [1.29, 1.82) is 0 Å². The molecule has 21 heavy (non-hydrogen) atoms. The number of benzene rings is 1. The molecule has 0 fully saturated rings. The average Bonchev–Trinajstić information content (AvgIpc) is 2.96. The second kappa shape index (κ2) is 6.84. The van der Waals surface area contributed by atoms with Gasteiger partial charge in [0.15, 0.2) is 0 Å². The number of hydrogen-bond donors (Lipinski definition) is 2. The zero-order valence-electron chi connectivity index (χ0n) is 12.0. The van der Waals surface area contributed by atoms with Crippen molar-refractivity contribution >= 4 is 10.0 Å². The van der Waals surface area contributed by atoms with E-state index in [4.69, 9.17) is 5.73 Å². The monoisotopic (exact) mass is 308 g/mol. The van der Waals surface area contributed by atoms with Crippen LogP contribution in [-0.4, -0.2) is 24.5 Å². The van der Waals surface area contributed by atoms with Crippen molar-refractivity contribution in [3.05, 3.63) is 48.0 Å². The number of nitrogens with one attached hydrogen (secondary N) is 1. The first-order valence-corrected chi connectivity index (χ1v) is 8.26. The Bertz CT molecular complexity index is 681. The molecule has 0 aliphatic heterocycles. The van der Waals surface area contributed by atoms with Gasteiger partial charge in [0.2, 0.25) is 10.0 Å². The highest BCUT2D eigenvalue weighted by Crippen LogP contribution is 2.16. The molecule has 3 N–H and O–H groups in total. The molecule has 0 bridgehead atoms. The minimum atomic E-state index is -3.47. The molecule has 0 atom stereocenters. The van der Waals surface area contributed by atoms with Crippen LogP contribution in [0.15, 0.2) is 41.8 Å². The minimum absolute atomic E-state index is 0.308. The van der Waals surface area contributed by atoms with Gasteiger partial charge in [-0.2, -0.15) is 0 Å². The Balaban J connectivity index is 1.95. The van der Waals surface area contributed by atoms with Gasteiger partial charge in [0, 0.05) is 32.0 Å². The summed E-state index contributed by atoms with van der Waals surface area (Å²) in [6.07, 6.45) is 5.97. The topological polar surface area (TPSA) is 90.0 Å². The molecule has 7 heteroatoms. The Hall–Kier alpha value is -1.70. The summed E-state index contributed by atoms with van der Waals surface area (Å²) in [5, 5.41) is 0. The Morgan fingerprint density at radius 2 is 2.19 bits per heavy atom. The van der Waals surface area contributed by atoms with E-state index in [0.717, 1.165) is 12.1 Å². The first kappa shape index (κ1) is 15.7. The SMILES string of the molecule is Cc1cc(CN)ccc1S(=O)(=O)NCCCn1ccnc1. The molecule has 0 aliphatic carbocycles. The third kappa shape index (κ3) is 4.13. The lowest BCUT2D eigenvalue weighted by Crippen LogP contribution is -2.26. The van der Waals surface area contributed by atoms with E-state index in [1.807, 2.05) is 10.8 Å². The van der Waals surface area contributed by atoms with E-state index in [0.29, 0.717) is 30.0 Å². The first-order chi connectivity index (χ1) is 10.0. The fourth-order valence-electron chi connectivity index (χ4n) is 2.10. The number of hydrogen-bond acceptors (Lipinski definition) is 4. The Kier molecular flexibility index (Phi) is 5.11. The highest BCUT2D eigenvalue weighted by Gasteiger charge is 2.16. The molecule has 0 aliphatic rings. The fourth-order valence-corrected chi connectivity index (χ4v) is 3.40. The van der Waals surface area contributed by atoms with Crippen molar-refractivity contribution in [2.45, 2.75) is 31.3 Å². The summed E-state index contributed by atoms with van der Waals surface area (Å²) in [5.41, 5.74) is 7.18. The maximum absolute atomic E-state index is 12.3. The van der Waals surface area contributed by atoms with Crippen LogP contribution in [-0.2, 0) is 23.1 Å². The molecule has 0 saturated heterocycles. The lowest BCUT2D eigenvalue weighted by molar-refractivity contribution is 0.569. The average molecular weight is 308 g/mol. The molecule has 6 nitrogen and oxygen atoms in total. The summed E-state index contributed by atoms with van der Waals surface area (Å²) in [6, 6.07) is 5.16. The number of nitrogens with zero attached hydrogens (tertiary/aromatic N) is 2. The van der Waals surface area contributed by atoms with Crippen molar-refractivity contribution in [2.24, 2.45) is 5.73 Å². The summed E-state index contributed by atoms with van der Waals surface area (Å²) in [5.74, 6) is 0. The molecular weight excluding hydrogens is 288 g/mol. The molecule has 1 heterocycles. The van der Waals surface area contributed by atoms with Crippen molar-refractivity contribution in [1.82, 2.24) is 14.3 Å². The van der Waals surface area contributed by atoms with Crippen molar-refractivity contribution in [2.75, 3.05) is 6.54 Å². The largest absolute Gasteiger partial charge is 0.337 e. The van der Waals surface area contributed by atoms with Gasteiger partial charge >= 0.3 is 0 Å². The molecule has 114 valence electrons. The van der Waals surface area contributed by atoms with Gasteiger partial charge in [-0.05, 0) is 30.5 Å². The maximum atomic E-state index is 12.3. The number of rotatable bonds is 7. The molecule has 2 rings (SSSR count). The van der Waals surface area contributed by atoms with Gasteiger partial charge in [-0.15, -0.1) is 0 Å². The number of sulfonamides is 1. The van der Waals surface area contributed by atoms with Gasteiger partial charge in [0.05, 0.1) is 11.2 Å². The summed E-state index contributed by atoms with van der Waals surface area (Å²) in [4.78, 5) is 4.25. The van der Waals surface area contributed by atoms with Gasteiger partial charge in [0.25, 0.3) is 0 Å². The van der Waals surface area contributed by atoms with Crippen molar-refractivity contribution in [3.63, 3.8) is 0 Å². The van der Waals surface area contributed by atoms with Crippen molar-refractivity contribution < 1.29 is 8.42 Å². The summed E-state index contributed by atoms with van der Waals surface area (Å²) in [6.45, 7) is 3.30. The van der Waals surface area contributed by atoms with Crippen LogP contribution in [0.2, 0.25) is 0 Å². The number of nitrogens with two attached hydrogens (primary N) is 1. The molecular formula is C14H20N4O2S. The maximum Gasteiger partial charge on any atom is 0.240 e. The zero-order chi connectivity index (χ0) is 15.3. The van der Waals surface area contributed by atoms with Gasteiger partial charge in [-0.25, -0.2) is 18.1 Å². The van der Waals surface area contributed by atoms with Gasteiger partial charge < -0.3 is 10.3 Å². The van der Waals surface area contributed by atoms with E-state index in [2.05, 4.69) is 9.71 Å². The normalized spacial score (nSPS) is 11.7. The van der Waals surface area contributed by atoms with E-state index >= 15 is 0 Å². The van der Waals surface area contributed by atoms with Crippen LogP contribution in [0.4, 0.5) is 0 Å². The molecule has 2 aromatic rings. The molecule has 0 spiro atoms. The molecule has 0 unspecified atom stereocenters.